The van der Waals surface area contributed by atoms with Crippen LogP contribution in [0.2, 0.25) is 0 Å². The van der Waals surface area contributed by atoms with Crippen LogP contribution in [0.1, 0.15) is 88.0 Å². The Morgan fingerprint density at radius 2 is 1.83 bits per heavy atom. The number of benzene rings is 1. The molecule has 1 aliphatic carbocycles. The first-order valence-electron chi connectivity index (χ1n) is 9.54. The second-order valence-electron chi connectivity index (χ2n) is 7.04. The van der Waals surface area contributed by atoms with Crippen LogP contribution in [0.15, 0.2) is 24.3 Å². The summed E-state index contributed by atoms with van der Waals surface area (Å²) in [6.45, 7) is 4.10. The van der Waals surface area contributed by atoms with Crippen LogP contribution in [-0.2, 0) is 20.7 Å². The van der Waals surface area contributed by atoms with E-state index in [0.717, 1.165) is 36.8 Å². The van der Waals surface area contributed by atoms with Gasteiger partial charge in [-0.15, -0.1) is 0 Å². The van der Waals surface area contributed by atoms with E-state index in [4.69, 9.17) is 4.18 Å². The predicted molar refractivity (Wildman–Crippen MR) is 99.6 cm³/mol. The molecule has 2 rings (SSSR count). The molecular formula is C20H32O3S. The molecule has 1 aromatic rings. The fourth-order valence-electron chi connectivity index (χ4n) is 3.57. The molecule has 0 radical (unpaired) electrons. The van der Waals surface area contributed by atoms with E-state index in [1.165, 1.54) is 32.1 Å². The van der Waals surface area contributed by atoms with Crippen LogP contribution >= 0.6 is 0 Å². The van der Waals surface area contributed by atoms with E-state index in [9.17, 15) is 8.42 Å². The van der Waals surface area contributed by atoms with Gasteiger partial charge in [0.25, 0.3) is 10.1 Å². The lowest BCUT2D eigenvalue weighted by Gasteiger charge is -2.26. The molecule has 1 aromatic carbocycles. The van der Waals surface area contributed by atoms with Gasteiger partial charge >= 0.3 is 0 Å². The second-order valence-corrected chi connectivity index (χ2v) is 8.78. The third-order valence-electron chi connectivity index (χ3n) is 4.93. The van der Waals surface area contributed by atoms with Gasteiger partial charge < -0.3 is 0 Å². The van der Waals surface area contributed by atoms with Crippen LogP contribution in [0.25, 0.3) is 0 Å². The summed E-state index contributed by atoms with van der Waals surface area (Å²) in [5, 5.41) is -0.491. The first kappa shape index (κ1) is 19.5. The maximum Gasteiger partial charge on any atom is 0.274 e. The molecule has 2 atom stereocenters. The molecule has 0 fully saturated rings. The SMILES string of the molecule is CCCCCCCCC(C)OS(=O)(=O)C1CCCc2ccccc21. The standard InChI is InChI=1S/C20H32O3S/c1-3-4-5-6-7-8-12-17(2)23-24(21,22)20-16-11-14-18-13-9-10-15-19(18)20/h9-10,13,15,17,20H,3-8,11-12,14,16H2,1-2H3. The number of aryl methyl sites for hydroxylation is 1. The molecule has 136 valence electrons. The van der Waals surface area contributed by atoms with Gasteiger partial charge in [0.2, 0.25) is 0 Å². The van der Waals surface area contributed by atoms with Crippen LogP contribution in [0.3, 0.4) is 0 Å². The lowest BCUT2D eigenvalue weighted by molar-refractivity contribution is 0.209. The highest BCUT2D eigenvalue weighted by molar-refractivity contribution is 7.87. The van der Waals surface area contributed by atoms with Gasteiger partial charge in [0.1, 0.15) is 5.25 Å². The van der Waals surface area contributed by atoms with Crippen LogP contribution in [0.4, 0.5) is 0 Å². The topological polar surface area (TPSA) is 43.4 Å². The Kier molecular flexibility index (Phi) is 7.76. The van der Waals surface area contributed by atoms with Crippen molar-refractivity contribution in [3.05, 3.63) is 35.4 Å². The first-order valence-corrected chi connectivity index (χ1v) is 11.0. The highest BCUT2D eigenvalue weighted by atomic mass is 32.2. The Morgan fingerprint density at radius 3 is 2.62 bits per heavy atom. The Bertz CT molecular complexity index is 595. The number of unbranched alkanes of at least 4 members (excludes halogenated alkanes) is 5. The molecule has 4 heteroatoms. The molecule has 0 amide bonds. The molecule has 0 aromatic heterocycles. The van der Waals surface area contributed by atoms with Crippen LogP contribution in [0.5, 0.6) is 0 Å². The molecule has 0 saturated heterocycles. The maximum atomic E-state index is 12.7. The van der Waals surface area contributed by atoms with E-state index in [-0.39, 0.29) is 6.10 Å². The zero-order valence-electron chi connectivity index (χ0n) is 15.2. The number of hydrogen-bond acceptors (Lipinski definition) is 3. The number of fused-ring (bicyclic) bond motifs is 1. The summed E-state index contributed by atoms with van der Waals surface area (Å²) in [6.07, 6.45) is 10.4. The monoisotopic (exact) mass is 352 g/mol. The van der Waals surface area contributed by atoms with Gasteiger partial charge in [-0.2, -0.15) is 8.42 Å². The third kappa shape index (κ3) is 5.59. The minimum Gasteiger partial charge on any atom is -0.267 e. The lowest BCUT2D eigenvalue weighted by atomic mass is 9.91. The van der Waals surface area contributed by atoms with E-state index in [1.54, 1.807) is 0 Å². The van der Waals surface area contributed by atoms with Crippen molar-refractivity contribution in [1.82, 2.24) is 0 Å². The molecule has 0 aliphatic heterocycles. The van der Waals surface area contributed by atoms with Crippen molar-refractivity contribution in [2.75, 3.05) is 0 Å². The van der Waals surface area contributed by atoms with Crippen molar-refractivity contribution in [2.45, 2.75) is 89.4 Å². The molecule has 0 N–H and O–H groups in total. The highest BCUT2D eigenvalue weighted by Crippen LogP contribution is 2.36. The molecule has 3 nitrogen and oxygen atoms in total. The Morgan fingerprint density at radius 1 is 1.12 bits per heavy atom. The fourth-order valence-corrected chi connectivity index (χ4v) is 5.25. The van der Waals surface area contributed by atoms with Gasteiger partial charge in [-0.05, 0) is 43.7 Å². The average molecular weight is 353 g/mol. The Hall–Kier alpha value is -0.870. The van der Waals surface area contributed by atoms with Gasteiger partial charge in [0.15, 0.2) is 0 Å². The molecule has 0 spiro atoms. The summed E-state index contributed by atoms with van der Waals surface area (Å²) in [5.41, 5.74) is 2.10. The van der Waals surface area contributed by atoms with Gasteiger partial charge in [-0.1, -0.05) is 69.7 Å². The van der Waals surface area contributed by atoms with E-state index in [0.29, 0.717) is 6.42 Å². The zero-order chi connectivity index (χ0) is 17.4. The van der Waals surface area contributed by atoms with Crippen molar-refractivity contribution >= 4 is 10.1 Å². The normalized spacial score (nSPS) is 19.0. The van der Waals surface area contributed by atoms with Crippen LogP contribution < -0.4 is 0 Å². The van der Waals surface area contributed by atoms with Crippen molar-refractivity contribution in [2.24, 2.45) is 0 Å². The van der Waals surface area contributed by atoms with Crippen molar-refractivity contribution in [3.63, 3.8) is 0 Å². The quantitative estimate of drug-likeness (QED) is 0.409. The number of hydrogen-bond donors (Lipinski definition) is 0. The molecule has 0 bridgehead atoms. The molecule has 0 saturated carbocycles. The summed E-state index contributed by atoms with van der Waals surface area (Å²) in [6, 6.07) is 7.89. The number of rotatable bonds is 10. The fraction of sp³-hybridized carbons (Fsp3) is 0.700. The predicted octanol–water partition coefficient (Wildman–Crippen LogP) is 5.55. The van der Waals surface area contributed by atoms with Crippen LogP contribution in [0, 0.1) is 0 Å². The molecule has 24 heavy (non-hydrogen) atoms. The molecular weight excluding hydrogens is 320 g/mol. The molecule has 0 heterocycles. The van der Waals surface area contributed by atoms with Crippen LogP contribution in [-0.4, -0.2) is 14.5 Å². The summed E-state index contributed by atoms with van der Waals surface area (Å²) in [5.74, 6) is 0. The Labute approximate surface area is 147 Å². The van der Waals surface area contributed by atoms with Gasteiger partial charge in [-0.25, -0.2) is 0 Å². The van der Waals surface area contributed by atoms with Gasteiger partial charge in [0, 0.05) is 0 Å². The van der Waals surface area contributed by atoms with Gasteiger partial charge in [0.05, 0.1) is 6.10 Å². The average Bonchev–Trinajstić information content (AvgIpc) is 2.57. The van der Waals surface area contributed by atoms with Crippen molar-refractivity contribution in [1.29, 1.82) is 0 Å². The van der Waals surface area contributed by atoms with E-state index >= 15 is 0 Å². The Balaban J connectivity index is 1.85. The van der Waals surface area contributed by atoms with E-state index < -0.39 is 15.4 Å². The largest absolute Gasteiger partial charge is 0.274 e. The molecule has 2 unspecified atom stereocenters. The van der Waals surface area contributed by atoms with Crippen molar-refractivity contribution in [3.8, 4) is 0 Å². The summed E-state index contributed by atoms with van der Waals surface area (Å²) < 4.78 is 31.0. The zero-order valence-corrected chi connectivity index (χ0v) is 16.0. The second kappa shape index (κ2) is 9.57. The first-order chi connectivity index (χ1) is 11.5. The smallest absolute Gasteiger partial charge is 0.267 e. The summed E-state index contributed by atoms with van der Waals surface area (Å²) >= 11 is 0. The van der Waals surface area contributed by atoms with Crippen molar-refractivity contribution < 1.29 is 12.6 Å². The summed E-state index contributed by atoms with van der Waals surface area (Å²) in [4.78, 5) is 0. The minimum atomic E-state index is -3.55. The highest BCUT2D eigenvalue weighted by Gasteiger charge is 2.33. The van der Waals surface area contributed by atoms with Gasteiger partial charge in [-0.3, -0.25) is 4.18 Å². The maximum absolute atomic E-state index is 12.7. The summed E-state index contributed by atoms with van der Waals surface area (Å²) in [7, 11) is -3.55. The molecule has 1 aliphatic rings. The minimum absolute atomic E-state index is 0.227. The van der Waals surface area contributed by atoms with E-state index in [1.807, 2.05) is 31.2 Å². The lowest BCUT2D eigenvalue weighted by Crippen LogP contribution is -2.24. The third-order valence-corrected chi connectivity index (χ3v) is 6.71. The van der Waals surface area contributed by atoms with E-state index in [2.05, 4.69) is 6.92 Å².